The molecule has 3 aromatic rings. The molecule has 0 saturated carbocycles. The fourth-order valence-corrected chi connectivity index (χ4v) is 4.61. The van der Waals surface area contributed by atoms with Gasteiger partial charge in [0.15, 0.2) is 5.78 Å². The number of Topliss-reactive ketones (excluding diaryl/α,β-unsaturated/α-hetero) is 1. The minimum absolute atomic E-state index is 0.0692. The van der Waals surface area contributed by atoms with Gasteiger partial charge >= 0.3 is 12.1 Å². The van der Waals surface area contributed by atoms with E-state index in [9.17, 15) is 23.9 Å². The van der Waals surface area contributed by atoms with Crippen molar-refractivity contribution in [3.05, 3.63) is 59.3 Å². The molecule has 3 heterocycles. The third kappa shape index (κ3) is 4.76. The van der Waals surface area contributed by atoms with E-state index >= 15 is 0 Å². The number of ketones is 1. The summed E-state index contributed by atoms with van der Waals surface area (Å²) in [5, 5.41) is 10.3. The second kappa shape index (κ2) is 9.13. The predicted molar refractivity (Wildman–Crippen MR) is 128 cm³/mol. The van der Waals surface area contributed by atoms with Crippen molar-refractivity contribution in [1.82, 2.24) is 14.5 Å². The lowest BCUT2D eigenvalue weighted by Gasteiger charge is -2.33. The Morgan fingerprint density at radius 2 is 1.83 bits per heavy atom. The zero-order chi connectivity index (χ0) is 25.5. The van der Waals surface area contributed by atoms with Crippen LogP contribution in [0.4, 0.5) is 9.18 Å². The molecule has 1 amide bonds. The van der Waals surface area contributed by atoms with Crippen LogP contribution in [-0.2, 0) is 4.74 Å². The number of ether oxygens (including phenoxy) is 1. The number of nitrogens with zero attached hydrogens (tertiary/aromatic N) is 3. The van der Waals surface area contributed by atoms with E-state index in [-0.39, 0.29) is 29.0 Å². The first kappa shape index (κ1) is 24.4. The molecule has 1 aliphatic heterocycles. The molecule has 8 nitrogen and oxygen atoms in total. The Hall–Kier alpha value is -3.75. The van der Waals surface area contributed by atoms with Crippen LogP contribution >= 0.6 is 0 Å². The number of carboxylic acids is 1. The van der Waals surface area contributed by atoms with E-state index < -0.39 is 17.4 Å². The molecule has 0 aliphatic carbocycles. The number of carbonyl (C=O) groups excluding carboxylic acids is 2. The number of likely N-dealkylation sites (tertiary alicyclic amines) is 1. The van der Waals surface area contributed by atoms with Crippen LogP contribution in [-0.4, -0.2) is 56.1 Å². The number of piperidine rings is 1. The highest BCUT2D eigenvalue weighted by molar-refractivity contribution is 6.11. The van der Waals surface area contributed by atoms with E-state index in [1.807, 2.05) is 20.8 Å². The number of fused-ring (bicyclic) bond motifs is 1. The van der Waals surface area contributed by atoms with Crippen molar-refractivity contribution in [2.45, 2.75) is 46.1 Å². The van der Waals surface area contributed by atoms with Crippen LogP contribution in [0.5, 0.6) is 0 Å². The summed E-state index contributed by atoms with van der Waals surface area (Å²) < 4.78 is 20.9. The van der Waals surface area contributed by atoms with Crippen molar-refractivity contribution >= 4 is 28.7 Å². The standard InChI is InChI=1S/C26H28FN3O5/c1-15-22(23(31)16-8-11-29(12-9-16)25(34)35-26(2,3)4)18-7-10-28-14-21(18)30(15)20-6-5-17(27)13-19(20)24(32)33/h5-7,10,13-14,16H,8-9,11-12H2,1-4H3,(H,32,33). The monoisotopic (exact) mass is 481 g/mol. The highest BCUT2D eigenvalue weighted by atomic mass is 19.1. The van der Waals surface area contributed by atoms with Crippen LogP contribution in [0.2, 0.25) is 0 Å². The zero-order valence-corrected chi connectivity index (χ0v) is 20.2. The van der Waals surface area contributed by atoms with Gasteiger partial charge in [-0.1, -0.05) is 0 Å². The smallest absolute Gasteiger partial charge is 0.410 e. The molecular weight excluding hydrogens is 453 g/mol. The van der Waals surface area contributed by atoms with Crippen molar-refractivity contribution in [1.29, 1.82) is 0 Å². The second-order valence-electron chi connectivity index (χ2n) is 9.76. The first-order valence-corrected chi connectivity index (χ1v) is 11.5. The minimum Gasteiger partial charge on any atom is -0.478 e. The Morgan fingerprint density at radius 1 is 1.14 bits per heavy atom. The molecule has 4 rings (SSSR count). The summed E-state index contributed by atoms with van der Waals surface area (Å²) in [5.74, 6) is -2.30. The highest BCUT2D eigenvalue weighted by Crippen LogP contribution is 2.34. The van der Waals surface area contributed by atoms with Gasteiger partial charge in [-0.15, -0.1) is 0 Å². The lowest BCUT2D eigenvalue weighted by atomic mass is 9.88. The molecule has 35 heavy (non-hydrogen) atoms. The fourth-order valence-electron chi connectivity index (χ4n) is 4.61. The average molecular weight is 482 g/mol. The van der Waals surface area contributed by atoms with Crippen molar-refractivity contribution in [3.63, 3.8) is 0 Å². The summed E-state index contributed by atoms with van der Waals surface area (Å²) in [7, 11) is 0. The highest BCUT2D eigenvalue weighted by Gasteiger charge is 2.33. The van der Waals surface area contributed by atoms with E-state index in [0.717, 1.165) is 6.07 Å². The number of aromatic nitrogens is 2. The van der Waals surface area contributed by atoms with Crippen molar-refractivity contribution in [2.24, 2.45) is 5.92 Å². The van der Waals surface area contributed by atoms with Gasteiger partial charge in [0.1, 0.15) is 11.4 Å². The van der Waals surface area contributed by atoms with Crippen LogP contribution in [0.25, 0.3) is 16.6 Å². The zero-order valence-electron chi connectivity index (χ0n) is 20.2. The first-order chi connectivity index (χ1) is 16.5. The fraction of sp³-hybridized carbons (Fsp3) is 0.385. The van der Waals surface area contributed by atoms with E-state index in [0.29, 0.717) is 48.1 Å². The third-order valence-electron chi connectivity index (χ3n) is 6.20. The van der Waals surface area contributed by atoms with Gasteiger partial charge in [-0.25, -0.2) is 14.0 Å². The quantitative estimate of drug-likeness (QED) is 0.526. The molecule has 9 heteroatoms. The number of rotatable bonds is 4. The summed E-state index contributed by atoms with van der Waals surface area (Å²) in [6.07, 6.45) is 3.74. The van der Waals surface area contributed by atoms with Crippen molar-refractivity contribution < 1.29 is 28.6 Å². The number of amides is 1. The molecule has 0 atom stereocenters. The predicted octanol–water partition coefficient (Wildman–Crippen LogP) is 5.00. The topological polar surface area (TPSA) is 102 Å². The molecule has 2 aromatic heterocycles. The average Bonchev–Trinajstić information content (AvgIpc) is 3.09. The van der Waals surface area contributed by atoms with Gasteiger partial charge in [-0.2, -0.15) is 0 Å². The number of halogens is 1. The van der Waals surface area contributed by atoms with E-state index in [1.165, 1.54) is 12.1 Å². The number of hydrogen-bond acceptors (Lipinski definition) is 5. The second-order valence-corrected chi connectivity index (χ2v) is 9.76. The molecule has 1 aliphatic rings. The lowest BCUT2D eigenvalue weighted by Crippen LogP contribution is -2.43. The SMILES string of the molecule is Cc1c(C(=O)C2CCN(C(=O)OC(C)(C)C)CC2)c2ccncc2n1-c1ccc(F)cc1C(=O)O. The Labute approximate surface area is 202 Å². The normalized spacial score (nSPS) is 14.8. The maximum absolute atomic E-state index is 13.8. The van der Waals surface area contributed by atoms with Gasteiger partial charge in [-0.3, -0.25) is 9.78 Å². The third-order valence-corrected chi connectivity index (χ3v) is 6.20. The van der Waals surface area contributed by atoms with Gasteiger partial charge < -0.3 is 19.3 Å². The summed E-state index contributed by atoms with van der Waals surface area (Å²) >= 11 is 0. The van der Waals surface area contributed by atoms with Crippen LogP contribution in [0, 0.1) is 18.7 Å². The molecule has 1 saturated heterocycles. The van der Waals surface area contributed by atoms with E-state index in [2.05, 4.69) is 4.98 Å². The van der Waals surface area contributed by atoms with Gasteiger partial charge in [0.25, 0.3) is 0 Å². The molecule has 0 bridgehead atoms. The number of aromatic carboxylic acids is 1. The molecule has 0 unspecified atom stereocenters. The Bertz CT molecular complexity index is 1320. The van der Waals surface area contributed by atoms with E-state index in [4.69, 9.17) is 4.74 Å². The number of benzene rings is 1. The van der Waals surface area contributed by atoms with Crippen LogP contribution in [0.1, 0.15) is 60.0 Å². The summed E-state index contributed by atoms with van der Waals surface area (Å²) in [6.45, 7) is 8.00. The number of carbonyl (C=O) groups is 3. The molecular formula is C26H28FN3O5. The molecule has 1 fully saturated rings. The molecule has 1 N–H and O–H groups in total. The Kier molecular flexibility index (Phi) is 6.36. The summed E-state index contributed by atoms with van der Waals surface area (Å²) in [5.41, 5.74) is 1.06. The molecule has 0 spiro atoms. The van der Waals surface area contributed by atoms with Gasteiger partial charge in [0, 0.05) is 41.8 Å². The maximum atomic E-state index is 13.8. The number of pyridine rings is 1. The molecule has 184 valence electrons. The van der Waals surface area contributed by atoms with Gasteiger partial charge in [-0.05, 0) is 64.8 Å². The van der Waals surface area contributed by atoms with Crippen LogP contribution in [0.15, 0.2) is 36.7 Å². The summed E-state index contributed by atoms with van der Waals surface area (Å²) in [6, 6.07) is 5.28. The van der Waals surface area contributed by atoms with Gasteiger partial charge in [0.2, 0.25) is 0 Å². The maximum Gasteiger partial charge on any atom is 0.410 e. The molecule has 1 aromatic carbocycles. The van der Waals surface area contributed by atoms with Gasteiger partial charge in [0.05, 0.1) is 23.0 Å². The number of hydrogen-bond donors (Lipinski definition) is 1. The van der Waals surface area contributed by atoms with Crippen molar-refractivity contribution in [2.75, 3.05) is 13.1 Å². The molecule has 0 radical (unpaired) electrons. The Balaban J connectivity index is 1.68. The number of carboxylic acid groups (broad SMARTS) is 1. The largest absolute Gasteiger partial charge is 0.478 e. The van der Waals surface area contributed by atoms with E-state index in [1.54, 1.807) is 34.9 Å². The van der Waals surface area contributed by atoms with Crippen molar-refractivity contribution in [3.8, 4) is 5.69 Å². The van der Waals surface area contributed by atoms with Crippen LogP contribution < -0.4 is 0 Å². The lowest BCUT2D eigenvalue weighted by molar-refractivity contribution is 0.0182. The van der Waals surface area contributed by atoms with Crippen LogP contribution in [0.3, 0.4) is 0 Å². The minimum atomic E-state index is -1.27. The first-order valence-electron chi connectivity index (χ1n) is 11.5. The summed E-state index contributed by atoms with van der Waals surface area (Å²) in [4.78, 5) is 43.7. The Morgan fingerprint density at radius 3 is 2.46 bits per heavy atom.